The van der Waals surface area contributed by atoms with Crippen LogP contribution in [0, 0.1) is 11.3 Å². The zero-order chi connectivity index (χ0) is 22.5. The molecule has 0 aliphatic rings. The molecule has 33 heavy (non-hydrogen) atoms. The summed E-state index contributed by atoms with van der Waals surface area (Å²) in [6, 6.07) is 34.2. The number of H-pyrrole nitrogens is 1. The van der Waals surface area contributed by atoms with Crippen LogP contribution in [0.5, 0.6) is 0 Å². The van der Waals surface area contributed by atoms with Crippen molar-refractivity contribution in [3.8, 4) is 28.5 Å². The van der Waals surface area contributed by atoms with Crippen molar-refractivity contribution < 1.29 is 0 Å². The summed E-state index contributed by atoms with van der Waals surface area (Å²) in [4.78, 5) is 4.93. The Kier molecular flexibility index (Phi) is 5.91. The molecule has 1 unspecified atom stereocenters. The Hall–Kier alpha value is -4.28. The lowest BCUT2D eigenvalue weighted by atomic mass is 9.99. The maximum Gasteiger partial charge on any atom is 0.192 e. The first-order chi connectivity index (χ1) is 16.3. The molecule has 0 fully saturated rings. The fourth-order valence-corrected chi connectivity index (χ4v) is 4.75. The standard InChI is InChI=1S/C26H18N6S/c27-17-22-21(18-10-4-1-5-11-18)16-23(19-12-6-2-7-13-19)28-26(22)33-24(25-29-31-32-30-25)20-14-8-3-9-15-20/h1-16,24H,(H,29,30,31,32). The lowest BCUT2D eigenvalue weighted by Crippen LogP contribution is -2.03. The highest BCUT2D eigenvalue weighted by molar-refractivity contribution is 7.99. The fraction of sp³-hybridized carbons (Fsp3) is 0.0385. The van der Waals surface area contributed by atoms with Gasteiger partial charge >= 0.3 is 0 Å². The molecule has 0 saturated heterocycles. The van der Waals surface area contributed by atoms with Crippen LogP contribution in [0.1, 0.15) is 22.2 Å². The summed E-state index contributed by atoms with van der Waals surface area (Å²) in [6.07, 6.45) is 0. The Morgan fingerprint density at radius 2 is 1.45 bits per heavy atom. The predicted molar refractivity (Wildman–Crippen MR) is 128 cm³/mol. The summed E-state index contributed by atoms with van der Waals surface area (Å²) in [5, 5.41) is 25.3. The molecule has 5 rings (SSSR count). The average Bonchev–Trinajstić information content (AvgIpc) is 3.43. The molecule has 2 heterocycles. The van der Waals surface area contributed by atoms with E-state index in [4.69, 9.17) is 4.98 Å². The zero-order valence-corrected chi connectivity index (χ0v) is 18.3. The van der Waals surface area contributed by atoms with Crippen LogP contribution in [0.15, 0.2) is 102 Å². The summed E-state index contributed by atoms with van der Waals surface area (Å²) in [5.74, 6) is 0.531. The van der Waals surface area contributed by atoms with Gasteiger partial charge in [-0.1, -0.05) is 108 Å². The van der Waals surface area contributed by atoms with Crippen molar-refractivity contribution in [2.24, 2.45) is 0 Å². The Labute approximate surface area is 195 Å². The minimum Gasteiger partial charge on any atom is -0.240 e. The zero-order valence-electron chi connectivity index (χ0n) is 17.5. The third kappa shape index (κ3) is 4.38. The molecule has 2 aromatic heterocycles. The summed E-state index contributed by atoms with van der Waals surface area (Å²) >= 11 is 1.45. The number of aromatic amines is 1. The first-order valence-corrected chi connectivity index (χ1v) is 11.2. The minimum absolute atomic E-state index is 0.279. The van der Waals surface area contributed by atoms with Crippen molar-refractivity contribution in [3.05, 3.63) is 114 Å². The van der Waals surface area contributed by atoms with Crippen molar-refractivity contribution in [2.75, 3.05) is 0 Å². The van der Waals surface area contributed by atoms with Crippen LogP contribution in [0.2, 0.25) is 0 Å². The molecule has 0 aliphatic carbocycles. The second-order valence-electron chi connectivity index (χ2n) is 7.26. The number of tetrazole rings is 1. The van der Waals surface area contributed by atoms with Crippen molar-refractivity contribution in [3.63, 3.8) is 0 Å². The molecule has 0 radical (unpaired) electrons. The van der Waals surface area contributed by atoms with Crippen LogP contribution >= 0.6 is 11.8 Å². The first-order valence-electron chi connectivity index (χ1n) is 10.3. The summed E-state index contributed by atoms with van der Waals surface area (Å²) < 4.78 is 0. The number of nitrogens with zero attached hydrogens (tertiary/aromatic N) is 5. The van der Waals surface area contributed by atoms with Gasteiger partial charge in [-0.25, -0.2) is 4.98 Å². The van der Waals surface area contributed by atoms with E-state index in [1.165, 1.54) is 11.8 Å². The number of thioether (sulfide) groups is 1. The molecule has 0 aliphatic heterocycles. The largest absolute Gasteiger partial charge is 0.240 e. The lowest BCUT2D eigenvalue weighted by Gasteiger charge is -2.17. The number of aromatic nitrogens is 5. The summed E-state index contributed by atoms with van der Waals surface area (Å²) in [6.45, 7) is 0. The quantitative estimate of drug-likeness (QED) is 0.337. The van der Waals surface area contributed by atoms with E-state index in [-0.39, 0.29) is 5.25 Å². The van der Waals surface area contributed by atoms with E-state index in [9.17, 15) is 5.26 Å². The van der Waals surface area contributed by atoms with E-state index >= 15 is 0 Å². The Balaban J connectivity index is 1.69. The maximum atomic E-state index is 10.2. The molecule has 7 heteroatoms. The van der Waals surface area contributed by atoms with Crippen LogP contribution in [0.4, 0.5) is 0 Å². The number of nitriles is 1. The van der Waals surface area contributed by atoms with Gasteiger partial charge in [0.15, 0.2) is 5.82 Å². The van der Waals surface area contributed by atoms with Gasteiger partial charge in [-0.15, -0.1) is 10.2 Å². The predicted octanol–water partition coefficient (Wildman–Crippen LogP) is 5.68. The number of hydrogen-bond acceptors (Lipinski definition) is 6. The number of hydrogen-bond donors (Lipinski definition) is 1. The van der Waals surface area contributed by atoms with Crippen LogP contribution in [-0.2, 0) is 0 Å². The van der Waals surface area contributed by atoms with Crippen LogP contribution in [-0.4, -0.2) is 25.6 Å². The molecule has 0 spiro atoms. The Morgan fingerprint density at radius 3 is 2.06 bits per heavy atom. The summed E-state index contributed by atoms with van der Waals surface area (Å²) in [7, 11) is 0. The highest BCUT2D eigenvalue weighted by atomic mass is 32.2. The van der Waals surface area contributed by atoms with Crippen LogP contribution in [0.3, 0.4) is 0 Å². The van der Waals surface area contributed by atoms with Gasteiger partial charge in [0.05, 0.1) is 16.5 Å². The lowest BCUT2D eigenvalue weighted by molar-refractivity contribution is 0.881. The molecule has 0 amide bonds. The third-order valence-corrected chi connectivity index (χ3v) is 6.42. The van der Waals surface area contributed by atoms with Gasteiger partial charge in [-0.3, -0.25) is 0 Å². The fourth-order valence-electron chi connectivity index (χ4n) is 3.61. The van der Waals surface area contributed by atoms with Gasteiger partial charge in [0.25, 0.3) is 0 Å². The highest BCUT2D eigenvalue weighted by Crippen LogP contribution is 2.42. The smallest absolute Gasteiger partial charge is 0.192 e. The van der Waals surface area contributed by atoms with Gasteiger partial charge in [-0.05, 0) is 17.2 Å². The molecule has 6 nitrogen and oxygen atoms in total. The molecule has 0 bridgehead atoms. The Morgan fingerprint density at radius 1 is 0.818 bits per heavy atom. The van der Waals surface area contributed by atoms with E-state index in [1.54, 1.807) is 0 Å². The molecular formula is C26H18N6S. The van der Waals surface area contributed by atoms with Crippen molar-refractivity contribution in [1.82, 2.24) is 25.6 Å². The second kappa shape index (κ2) is 9.47. The van der Waals surface area contributed by atoms with Crippen LogP contribution < -0.4 is 0 Å². The van der Waals surface area contributed by atoms with Gasteiger partial charge in [0.1, 0.15) is 11.1 Å². The van der Waals surface area contributed by atoms with Gasteiger partial charge < -0.3 is 0 Å². The van der Waals surface area contributed by atoms with Gasteiger partial charge in [0, 0.05) is 11.1 Å². The van der Waals surface area contributed by atoms with E-state index < -0.39 is 0 Å². The normalized spacial score (nSPS) is 11.6. The van der Waals surface area contributed by atoms with E-state index in [0.29, 0.717) is 16.4 Å². The van der Waals surface area contributed by atoms with E-state index in [2.05, 4.69) is 26.7 Å². The molecule has 3 aromatic carbocycles. The number of benzene rings is 3. The van der Waals surface area contributed by atoms with Gasteiger partial charge in [-0.2, -0.15) is 10.5 Å². The van der Waals surface area contributed by atoms with Gasteiger partial charge in [0.2, 0.25) is 0 Å². The maximum absolute atomic E-state index is 10.2. The summed E-state index contributed by atoms with van der Waals surface area (Å²) in [5.41, 5.74) is 5.12. The number of nitrogens with one attached hydrogen (secondary N) is 1. The minimum atomic E-state index is -0.279. The molecule has 5 aromatic rings. The van der Waals surface area contributed by atoms with E-state index in [1.807, 2.05) is 97.1 Å². The van der Waals surface area contributed by atoms with Crippen molar-refractivity contribution in [1.29, 1.82) is 5.26 Å². The molecule has 0 saturated carbocycles. The topological polar surface area (TPSA) is 91.1 Å². The average molecular weight is 447 g/mol. The Bertz CT molecular complexity index is 1380. The number of rotatable bonds is 6. The molecule has 1 N–H and O–H groups in total. The third-order valence-electron chi connectivity index (χ3n) is 5.18. The number of pyridine rings is 1. The highest BCUT2D eigenvalue weighted by Gasteiger charge is 2.24. The van der Waals surface area contributed by atoms with Crippen molar-refractivity contribution >= 4 is 11.8 Å². The van der Waals surface area contributed by atoms with Crippen LogP contribution in [0.25, 0.3) is 22.4 Å². The van der Waals surface area contributed by atoms with E-state index in [0.717, 1.165) is 27.9 Å². The SMILES string of the molecule is N#Cc1c(-c2ccccc2)cc(-c2ccccc2)nc1SC(c1ccccc1)c1nn[nH]n1. The first kappa shape index (κ1) is 20.6. The molecule has 158 valence electrons. The van der Waals surface area contributed by atoms with Crippen molar-refractivity contribution in [2.45, 2.75) is 10.3 Å². The molecular weight excluding hydrogens is 428 g/mol. The second-order valence-corrected chi connectivity index (χ2v) is 8.35. The molecule has 1 atom stereocenters. The monoisotopic (exact) mass is 446 g/mol.